The number of rotatable bonds is 5. The van der Waals surface area contributed by atoms with Crippen molar-refractivity contribution in [3.63, 3.8) is 0 Å². The summed E-state index contributed by atoms with van der Waals surface area (Å²) < 4.78 is 1.59. The predicted molar refractivity (Wildman–Crippen MR) is 104 cm³/mol. The van der Waals surface area contributed by atoms with Gasteiger partial charge in [0.2, 0.25) is 0 Å². The van der Waals surface area contributed by atoms with Crippen molar-refractivity contribution in [2.75, 3.05) is 13.1 Å². The van der Waals surface area contributed by atoms with E-state index < -0.39 is 5.60 Å². The van der Waals surface area contributed by atoms with Crippen LogP contribution in [0.3, 0.4) is 0 Å². The molecule has 2 aromatic heterocycles. The number of hydrogen-bond acceptors (Lipinski definition) is 5. The number of hydrogen-bond donors (Lipinski definition) is 1. The van der Waals surface area contributed by atoms with Gasteiger partial charge in [0.05, 0.1) is 17.8 Å². The van der Waals surface area contributed by atoms with E-state index in [1.807, 2.05) is 12.1 Å². The molecule has 27 heavy (non-hydrogen) atoms. The largest absolute Gasteiger partial charge is 0.389 e. The molecule has 0 radical (unpaired) electrons. The van der Waals surface area contributed by atoms with Crippen LogP contribution in [0.15, 0.2) is 41.5 Å². The quantitative estimate of drug-likeness (QED) is 0.878. The number of β-amino-alcohol motifs (C(OH)–C–C–N with tert-alkyl or cyclic N) is 1. The van der Waals surface area contributed by atoms with Gasteiger partial charge in [0.25, 0.3) is 5.56 Å². The molecule has 0 bridgehead atoms. The zero-order valence-electron chi connectivity index (χ0n) is 15.8. The third kappa shape index (κ3) is 4.28. The van der Waals surface area contributed by atoms with Crippen molar-refractivity contribution in [2.24, 2.45) is 0 Å². The Kier molecular flexibility index (Phi) is 5.36. The van der Waals surface area contributed by atoms with Gasteiger partial charge in [-0.25, -0.2) is 4.68 Å². The van der Waals surface area contributed by atoms with Crippen LogP contribution < -0.4 is 5.56 Å². The van der Waals surface area contributed by atoms with E-state index in [1.54, 1.807) is 29.2 Å². The lowest BCUT2D eigenvalue weighted by Gasteiger charge is -2.37. The standard InChI is InChI=1S/C21H28N4O2/c26-20-7-6-19(17-8-12-22-13-9-17)23-25(20)15-18-5-4-14-24(18)16-21(27)10-2-1-3-11-21/h6-9,12-13,18,27H,1-5,10-11,14-16H2. The van der Waals surface area contributed by atoms with E-state index in [2.05, 4.69) is 15.0 Å². The summed E-state index contributed by atoms with van der Waals surface area (Å²) in [6.07, 6.45) is 10.9. The average Bonchev–Trinajstić information content (AvgIpc) is 3.11. The molecule has 1 N–H and O–H groups in total. The Balaban J connectivity index is 1.50. The molecule has 2 aromatic rings. The maximum atomic E-state index is 12.4. The van der Waals surface area contributed by atoms with Crippen molar-refractivity contribution in [3.05, 3.63) is 47.0 Å². The highest BCUT2D eigenvalue weighted by Crippen LogP contribution is 2.31. The minimum atomic E-state index is -0.557. The lowest BCUT2D eigenvalue weighted by molar-refractivity contribution is -0.0305. The number of likely N-dealkylation sites (tertiary alicyclic amines) is 1. The Labute approximate surface area is 159 Å². The first-order valence-corrected chi connectivity index (χ1v) is 10.1. The normalized spacial score (nSPS) is 22.8. The lowest BCUT2D eigenvalue weighted by Crippen LogP contribution is -2.47. The molecule has 1 aliphatic carbocycles. The van der Waals surface area contributed by atoms with Gasteiger partial charge in [0.15, 0.2) is 0 Å². The van der Waals surface area contributed by atoms with E-state index in [0.717, 1.165) is 62.9 Å². The molecule has 1 unspecified atom stereocenters. The highest BCUT2D eigenvalue weighted by atomic mass is 16.3. The maximum Gasteiger partial charge on any atom is 0.266 e. The van der Waals surface area contributed by atoms with E-state index in [-0.39, 0.29) is 11.6 Å². The van der Waals surface area contributed by atoms with Crippen molar-refractivity contribution in [1.29, 1.82) is 0 Å². The first kappa shape index (κ1) is 18.3. The topological polar surface area (TPSA) is 71.2 Å². The zero-order chi connectivity index (χ0) is 18.7. The molecule has 2 fully saturated rings. The molecular formula is C21H28N4O2. The summed E-state index contributed by atoms with van der Waals surface area (Å²) in [5.74, 6) is 0. The summed E-state index contributed by atoms with van der Waals surface area (Å²) in [5.41, 5.74) is 1.11. The molecule has 6 nitrogen and oxygen atoms in total. The van der Waals surface area contributed by atoms with Crippen molar-refractivity contribution in [1.82, 2.24) is 19.7 Å². The molecular weight excluding hydrogens is 340 g/mol. The second-order valence-corrected chi connectivity index (χ2v) is 8.03. The first-order valence-electron chi connectivity index (χ1n) is 10.1. The summed E-state index contributed by atoms with van der Waals surface area (Å²) >= 11 is 0. The van der Waals surface area contributed by atoms with Gasteiger partial charge in [-0.3, -0.25) is 14.7 Å². The Bertz CT molecular complexity index is 814. The van der Waals surface area contributed by atoms with Crippen molar-refractivity contribution in [2.45, 2.75) is 63.1 Å². The molecule has 3 heterocycles. The fraction of sp³-hybridized carbons (Fsp3) is 0.571. The van der Waals surface area contributed by atoms with Gasteiger partial charge >= 0.3 is 0 Å². The molecule has 1 saturated carbocycles. The smallest absolute Gasteiger partial charge is 0.266 e. The van der Waals surface area contributed by atoms with Gasteiger partial charge in [-0.15, -0.1) is 0 Å². The minimum Gasteiger partial charge on any atom is -0.389 e. The van der Waals surface area contributed by atoms with Gasteiger partial charge in [-0.2, -0.15) is 5.10 Å². The van der Waals surface area contributed by atoms with Crippen LogP contribution in [0.25, 0.3) is 11.3 Å². The van der Waals surface area contributed by atoms with Crippen LogP contribution in [0, 0.1) is 0 Å². The zero-order valence-corrected chi connectivity index (χ0v) is 15.8. The number of nitrogens with zero attached hydrogens (tertiary/aromatic N) is 4. The Hall–Kier alpha value is -2.05. The highest BCUT2D eigenvalue weighted by molar-refractivity contribution is 5.56. The molecule has 4 rings (SSSR count). The van der Waals surface area contributed by atoms with Crippen molar-refractivity contribution < 1.29 is 5.11 Å². The van der Waals surface area contributed by atoms with E-state index >= 15 is 0 Å². The molecule has 0 spiro atoms. The summed E-state index contributed by atoms with van der Waals surface area (Å²) in [7, 11) is 0. The fourth-order valence-electron chi connectivity index (χ4n) is 4.51. The Morgan fingerprint density at radius 2 is 1.85 bits per heavy atom. The van der Waals surface area contributed by atoms with Gasteiger partial charge < -0.3 is 5.11 Å². The molecule has 144 valence electrons. The fourth-order valence-corrected chi connectivity index (χ4v) is 4.51. The van der Waals surface area contributed by atoms with Crippen LogP contribution in [0.4, 0.5) is 0 Å². The second kappa shape index (κ2) is 7.90. The Morgan fingerprint density at radius 1 is 1.07 bits per heavy atom. The number of aliphatic hydroxyl groups is 1. The van der Waals surface area contributed by atoms with Crippen LogP contribution >= 0.6 is 0 Å². The van der Waals surface area contributed by atoms with Gasteiger partial charge in [0, 0.05) is 36.6 Å². The summed E-state index contributed by atoms with van der Waals surface area (Å²) in [5, 5.41) is 15.5. The van der Waals surface area contributed by atoms with Gasteiger partial charge in [-0.05, 0) is 50.4 Å². The molecule has 1 aliphatic heterocycles. The van der Waals surface area contributed by atoms with Crippen molar-refractivity contribution in [3.8, 4) is 11.3 Å². The second-order valence-electron chi connectivity index (χ2n) is 8.03. The number of pyridine rings is 1. The SMILES string of the molecule is O=c1ccc(-c2ccncc2)nn1CC1CCCN1CC1(O)CCCCC1. The summed E-state index contributed by atoms with van der Waals surface area (Å²) in [6, 6.07) is 7.42. The molecule has 1 atom stereocenters. The molecule has 6 heteroatoms. The number of aromatic nitrogens is 3. The lowest BCUT2D eigenvalue weighted by atomic mass is 9.84. The predicted octanol–water partition coefficient (Wildman–Crippen LogP) is 2.46. The molecule has 0 aromatic carbocycles. The maximum absolute atomic E-state index is 12.4. The van der Waals surface area contributed by atoms with Crippen LogP contribution in [-0.2, 0) is 6.54 Å². The van der Waals surface area contributed by atoms with Crippen LogP contribution in [0.5, 0.6) is 0 Å². The highest BCUT2D eigenvalue weighted by Gasteiger charge is 2.35. The van der Waals surface area contributed by atoms with Crippen LogP contribution in [0.1, 0.15) is 44.9 Å². The Morgan fingerprint density at radius 3 is 2.63 bits per heavy atom. The van der Waals surface area contributed by atoms with E-state index in [4.69, 9.17) is 0 Å². The monoisotopic (exact) mass is 368 g/mol. The minimum absolute atomic E-state index is 0.0731. The van der Waals surface area contributed by atoms with E-state index in [1.165, 1.54) is 6.42 Å². The molecule has 0 amide bonds. The van der Waals surface area contributed by atoms with Crippen LogP contribution in [-0.4, -0.2) is 49.5 Å². The molecule has 1 saturated heterocycles. The van der Waals surface area contributed by atoms with Gasteiger partial charge in [-0.1, -0.05) is 19.3 Å². The average molecular weight is 368 g/mol. The third-order valence-electron chi connectivity index (χ3n) is 6.01. The molecule has 2 aliphatic rings. The van der Waals surface area contributed by atoms with Crippen molar-refractivity contribution >= 4 is 0 Å². The van der Waals surface area contributed by atoms with Gasteiger partial charge in [0.1, 0.15) is 0 Å². The summed E-state index contributed by atoms with van der Waals surface area (Å²) in [4.78, 5) is 18.8. The van der Waals surface area contributed by atoms with E-state index in [0.29, 0.717) is 6.54 Å². The van der Waals surface area contributed by atoms with E-state index in [9.17, 15) is 9.90 Å². The third-order valence-corrected chi connectivity index (χ3v) is 6.01. The summed E-state index contributed by atoms with van der Waals surface area (Å²) in [6.45, 7) is 2.29. The van der Waals surface area contributed by atoms with Crippen LogP contribution in [0.2, 0.25) is 0 Å². The first-order chi connectivity index (χ1) is 13.1.